The van der Waals surface area contributed by atoms with Crippen LogP contribution in [0.3, 0.4) is 0 Å². The molecule has 0 spiro atoms. The zero-order valence-corrected chi connectivity index (χ0v) is 14.7. The second kappa shape index (κ2) is 7.21. The zero-order valence-electron chi connectivity index (χ0n) is 13.9. The fourth-order valence-electron chi connectivity index (χ4n) is 1.87. The number of likely N-dealkylation sites (N-methyl/N-ethyl adjacent to an activating group) is 1. The molecule has 1 amide bonds. The van der Waals surface area contributed by atoms with Crippen LogP contribution < -0.4 is 4.72 Å². The van der Waals surface area contributed by atoms with E-state index >= 15 is 0 Å². The summed E-state index contributed by atoms with van der Waals surface area (Å²) in [5.41, 5.74) is 1.89. The van der Waals surface area contributed by atoms with Gasteiger partial charge < -0.3 is 0 Å². The zero-order chi connectivity index (χ0) is 17.1. The van der Waals surface area contributed by atoms with Crippen molar-refractivity contribution in [3.63, 3.8) is 0 Å². The number of benzene rings is 1. The van der Waals surface area contributed by atoms with E-state index < -0.39 is 22.0 Å². The van der Waals surface area contributed by atoms with Crippen molar-refractivity contribution < 1.29 is 18.0 Å². The summed E-state index contributed by atoms with van der Waals surface area (Å²) in [6, 6.07) is 3.99. The predicted molar refractivity (Wildman–Crippen MR) is 84.6 cm³/mol. The van der Waals surface area contributed by atoms with Crippen LogP contribution in [-0.2, 0) is 19.7 Å². The molecule has 0 radical (unpaired) electrons. The molecule has 7 heteroatoms. The first-order valence-electron chi connectivity index (χ1n) is 7.01. The Labute approximate surface area is 132 Å². The van der Waals surface area contributed by atoms with E-state index in [2.05, 4.69) is 4.72 Å². The molecule has 0 aliphatic rings. The van der Waals surface area contributed by atoms with Crippen LogP contribution in [0.25, 0.3) is 0 Å². The number of rotatable bonds is 6. The van der Waals surface area contributed by atoms with E-state index in [1.165, 1.54) is 20.2 Å². The van der Waals surface area contributed by atoms with Crippen molar-refractivity contribution in [3.8, 4) is 0 Å². The normalized spacial score (nSPS) is 13.2. The standard InChI is InChI=1S/C15H24N2O4S/c1-10(2)14(15(18)17(5)21-6)16-22(19,20)13-8-7-11(3)12(4)9-13/h7-10,14,16H,1-6H3. The highest BCUT2D eigenvalue weighted by atomic mass is 32.2. The van der Waals surface area contributed by atoms with Gasteiger partial charge in [0.15, 0.2) is 0 Å². The van der Waals surface area contributed by atoms with Gasteiger partial charge in [-0.05, 0) is 43.0 Å². The van der Waals surface area contributed by atoms with Gasteiger partial charge in [0.2, 0.25) is 10.0 Å². The predicted octanol–water partition coefficient (Wildman–Crippen LogP) is 1.63. The Morgan fingerprint density at radius 1 is 1.23 bits per heavy atom. The number of nitrogens with one attached hydrogen (secondary N) is 1. The first kappa shape index (κ1) is 18.6. The minimum atomic E-state index is -3.78. The van der Waals surface area contributed by atoms with Crippen LogP contribution in [0.5, 0.6) is 0 Å². The Morgan fingerprint density at radius 2 is 1.82 bits per heavy atom. The molecule has 1 unspecified atom stereocenters. The van der Waals surface area contributed by atoms with E-state index in [0.717, 1.165) is 16.2 Å². The molecule has 0 aromatic heterocycles. The van der Waals surface area contributed by atoms with Crippen molar-refractivity contribution in [1.29, 1.82) is 0 Å². The molecule has 0 heterocycles. The molecule has 0 bridgehead atoms. The lowest BCUT2D eigenvalue weighted by molar-refractivity contribution is -0.171. The monoisotopic (exact) mass is 328 g/mol. The molecule has 1 atom stereocenters. The molecule has 1 rings (SSSR count). The molecule has 0 saturated heterocycles. The maximum atomic E-state index is 12.5. The number of hydroxylamine groups is 2. The van der Waals surface area contributed by atoms with Gasteiger partial charge in [-0.15, -0.1) is 0 Å². The summed E-state index contributed by atoms with van der Waals surface area (Å²) in [5, 5.41) is 1.02. The van der Waals surface area contributed by atoms with Crippen LogP contribution in [0, 0.1) is 19.8 Å². The first-order valence-corrected chi connectivity index (χ1v) is 8.49. The van der Waals surface area contributed by atoms with Crippen molar-refractivity contribution in [2.75, 3.05) is 14.2 Å². The fourth-order valence-corrected chi connectivity index (χ4v) is 3.30. The third-order valence-corrected chi connectivity index (χ3v) is 5.03. The summed E-state index contributed by atoms with van der Waals surface area (Å²) < 4.78 is 27.5. The summed E-state index contributed by atoms with van der Waals surface area (Å²) >= 11 is 0. The minimum Gasteiger partial charge on any atom is -0.275 e. The molecule has 6 nitrogen and oxygen atoms in total. The summed E-state index contributed by atoms with van der Waals surface area (Å²) in [7, 11) is -0.983. The molecule has 1 aromatic carbocycles. The Morgan fingerprint density at radius 3 is 2.27 bits per heavy atom. The number of aryl methyl sites for hydroxylation is 2. The van der Waals surface area contributed by atoms with Gasteiger partial charge in [-0.2, -0.15) is 4.72 Å². The van der Waals surface area contributed by atoms with Crippen molar-refractivity contribution in [2.45, 2.75) is 38.6 Å². The number of nitrogens with zero attached hydrogens (tertiary/aromatic N) is 1. The Bertz CT molecular complexity index is 641. The second-order valence-corrected chi connectivity index (χ2v) is 7.32. The molecule has 22 heavy (non-hydrogen) atoms. The first-order chi connectivity index (χ1) is 10.1. The Kier molecular flexibility index (Phi) is 6.10. The van der Waals surface area contributed by atoms with Crippen LogP contribution in [0.2, 0.25) is 0 Å². The van der Waals surface area contributed by atoms with Gasteiger partial charge in [0.1, 0.15) is 6.04 Å². The summed E-state index contributed by atoms with van der Waals surface area (Å²) in [5.74, 6) is -0.656. The largest absolute Gasteiger partial charge is 0.275 e. The second-order valence-electron chi connectivity index (χ2n) is 5.61. The number of hydrogen-bond donors (Lipinski definition) is 1. The van der Waals surface area contributed by atoms with Gasteiger partial charge >= 0.3 is 0 Å². The minimum absolute atomic E-state index is 0.147. The Hall–Kier alpha value is -1.44. The number of amides is 1. The molecule has 0 saturated carbocycles. The maximum Gasteiger partial charge on any atom is 0.264 e. The number of sulfonamides is 1. The van der Waals surface area contributed by atoms with E-state index in [9.17, 15) is 13.2 Å². The van der Waals surface area contributed by atoms with E-state index in [1.54, 1.807) is 26.0 Å². The van der Waals surface area contributed by atoms with E-state index in [-0.39, 0.29) is 10.8 Å². The lowest BCUT2D eigenvalue weighted by Gasteiger charge is -2.25. The van der Waals surface area contributed by atoms with Crippen LogP contribution in [-0.4, -0.2) is 39.6 Å². The lowest BCUT2D eigenvalue weighted by Crippen LogP contribution is -2.49. The van der Waals surface area contributed by atoms with Crippen molar-refractivity contribution in [1.82, 2.24) is 9.79 Å². The molecule has 1 N–H and O–H groups in total. The number of carbonyl (C=O) groups is 1. The van der Waals surface area contributed by atoms with Crippen molar-refractivity contribution >= 4 is 15.9 Å². The molecule has 124 valence electrons. The third kappa shape index (κ3) is 4.28. The highest BCUT2D eigenvalue weighted by Crippen LogP contribution is 2.17. The molecular weight excluding hydrogens is 304 g/mol. The Balaban J connectivity index is 3.11. The molecule has 0 aliphatic carbocycles. The van der Waals surface area contributed by atoms with Gasteiger partial charge in [0.05, 0.1) is 12.0 Å². The van der Waals surface area contributed by atoms with Gasteiger partial charge in [0.25, 0.3) is 5.91 Å². The molecular formula is C15H24N2O4S. The smallest absolute Gasteiger partial charge is 0.264 e. The molecule has 1 aromatic rings. The number of hydrogen-bond acceptors (Lipinski definition) is 4. The SMILES string of the molecule is CON(C)C(=O)C(NS(=O)(=O)c1ccc(C)c(C)c1)C(C)C. The van der Waals surface area contributed by atoms with Crippen molar-refractivity contribution in [2.24, 2.45) is 5.92 Å². The average molecular weight is 328 g/mol. The quantitative estimate of drug-likeness (QED) is 0.805. The summed E-state index contributed by atoms with van der Waals surface area (Å²) in [6.07, 6.45) is 0. The van der Waals surface area contributed by atoms with E-state index in [0.29, 0.717) is 0 Å². The maximum absolute atomic E-state index is 12.5. The molecule has 0 fully saturated rings. The average Bonchev–Trinajstić information content (AvgIpc) is 2.45. The van der Waals surface area contributed by atoms with Crippen LogP contribution >= 0.6 is 0 Å². The summed E-state index contributed by atoms with van der Waals surface area (Å²) in [4.78, 5) is 17.2. The van der Waals surface area contributed by atoms with E-state index in [4.69, 9.17) is 4.84 Å². The number of carbonyl (C=O) groups excluding carboxylic acids is 1. The fraction of sp³-hybridized carbons (Fsp3) is 0.533. The summed E-state index contributed by atoms with van der Waals surface area (Å²) in [6.45, 7) is 7.30. The van der Waals surface area contributed by atoms with Crippen LogP contribution in [0.4, 0.5) is 0 Å². The lowest BCUT2D eigenvalue weighted by atomic mass is 10.1. The van der Waals surface area contributed by atoms with E-state index in [1.807, 2.05) is 13.8 Å². The van der Waals surface area contributed by atoms with Gasteiger partial charge in [0, 0.05) is 7.05 Å². The third-order valence-electron chi connectivity index (χ3n) is 3.59. The van der Waals surface area contributed by atoms with Gasteiger partial charge in [-0.1, -0.05) is 19.9 Å². The highest BCUT2D eigenvalue weighted by Gasteiger charge is 2.30. The highest BCUT2D eigenvalue weighted by molar-refractivity contribution is 7.89. The van der Waals surface area contributed by atoms with Gasteiger partial charge in [-0.25, -0.2) is 13.5 Å². The van der Waals surface area contributed by atoms with Gasteiger partial charge in [-0.3, -0.25) is 9.63 Å². The van der Waals surface area contributed by atoms with Crippen LogP contribution in [0.15, 0.2) is 23.1 Å². The topological polar surface area (TPSA) is 75.7 Å². The molecule has 0 aliphatic heterocycles. The van der Waals surface area contributed by atoms with Crippen molar-refractivity contribution in [3.05, 3.63) is 29.3 Å². The van der Waals surface area contributed by atoms with Crippen LogP contribution in [0.1, 0.15) is 25.0 Å².